The number of nitrogens with zero attached hydrogens (tertiary/aromatic N) is 2. The van der Waals surface area contributed by atoms with Crippen LogP contribution in [0.4, 0.5) is 0 Å². The number of ether oxygens (including phenoxy) is 2. The fourth-order valence-electron chi connectivity index (χ4n) is 3.77. The predicted octanol–water partition coefficient (Wildman–Crippen LogP) is 3.99. The molecular weight excluding hydrogens is 479 g/mol. The number of nitrogens with one attached hydrogen (secondary N) is 2. The summed E-state index contributed by atoms with van der Waals surface area (Å²) < 4.78 is 11.9. The molecule has 0 spiro atoms. The van der Waals surface area contributed by atoms with Crippen LogP contribution in [0, 0.1) is 17.3 Å². The van der Waals surface area contributed by atoms with Crippen LogP contribution < -0.4 is 15.4 Å². The summed E-state index contributed by atoms with van der Waals surface area (Å²) in [6.07, 6.45) is 6.97. The summed E-state index contributed by atoms with van der Waals surface area (Å²) in [6, 6.07) is 4.02. The van der Waals surface area contributed by atoms with E-state index >= 15 is 0 Å². The Balaban J connectivity index is 0.00000300. The molecule has 29 heavy (non-hydrogen) atoms. The van der Waals surface area contributed by atoms with Crippen LogP contribution in [0.1, 0.15) is 52.0 Å². The molecule has 1 aromatic heterocycles. The van der Waals surface area contributed by atoms with Crippen LogP contribution in [0.15, 0.2) is 23.3 Å². The molecule has 1 aromatic rings. The van der Waals surface area contributed by atoms with Gasteiger partial charge in [0.2, 0.25) is 5.88 Å². The molecule has 2 N–H and O–H groups in total. The van der Waals surface area contributed by atoms with Crippen molar-refractivity contribution in [1.29, 1.82) is 0 Å². The van der Waals surface area contributed by atoms with Crippen molar-refractivity contribution in [3.63, 3.8) is 0 Å². The van der Waals surface area contributed by atoms with Crippen LogP contribution in [0.25, 0.3) is 0 Å². The van der Waals surface area contributed by atoms with Gasteiger partial charge in [0.25, 0.3) is 0 Å². The molecule has 2 unspecified atom stereocenters. The summed E-state index contributed by atoms with van der Waals surface area (Å²) in [6.45, 7) is 9.99. The van der Waals surface area contributed by atoms with Crippen LogP contribution in [0.3, 0.4) is 0 Å². The monoisotopic (exact) mass is 516 g/mol. The van der Waals surface area contributed by atoms with Crippen LogP contribution in [-0.4, -0.2) is 43.9 Å². The maximum Gasteiger partial charge on any atom is 0.213 e. The standard InChI is InChI=1S/C22H36N4O2.HI/c1-22(2,3)20-18(6-5-11-27-20)14-26-21(23-4)25-13-17-9-10-24-19(12-17)28-15-16-7-8-16;/h9-10,12,16,18,20H,5-8,11,13-15H2,1-4H3,(H2,23,25,26);1H. The average Bonchev–Trinajstić information content (AvgIpc) is 3.51. The van der Waals surface area contributed by atoms with E-state index in [2.05, 4.69) is 41.4 Å². The Morgan fingerprint density at radius 1 is 1.28 bits per heavy atom. The fourth-order valence-corrected chi connectivity index (χ4v) is 3.77. The lowest BCUT2D eigenvalue weighted by Crippen LogP contribution is -2.47. The number of rotatable bonds is 7. The topological polar surface area (TPSA) is 67.8 Å². The van der Waals surface area contributed by atoms with Gasteiger partial charge < -0.3 is 20.1 Å². The lowest BCUT2D eigenvalue weighted by molar-refractivity contribution is -0.0835. The molecule has 2 atom stereocenters. The van der Waals surface area contributed by atoms with E-state index in [1.165, 1.54) is 19.3 Å². The number of aromatic nitrogens is 1. The molecule has 0 bridgehead atoms. The van der Waals surface area contributed by atoms with Crippen molar-refractivity contribution in [3.8, 4) is 5.88 Å². The van der Waals surface area contributed by atoms with Gasteiger partial charge >= 0.3 is 0 Å². The molecular formula is C22H37IN4O2. The molecule has 3 rings (SSSR count). The van der Waals surface area contributed by atoms with Crippen molar-refractivity contribution in [2.75, 3.05) is 26.8 Å². The molecule has 1 aliphatic heterocycles. The van der Waals surface area contributed by atoms with Crippen molar-refractivity contribution in [1.82, 2.24) is 15.6 Å². The molecule has 164 valence electrons. The van der Waals surface area contributed by atoms with Gasteiger partial charge in [-0.15, -0.1) is 24.0 Å². The first-order valence-electron chi connectivity index (χ1n) is 10.6. The molecule has 1 aliphatic carbocycles. The van der Waals surface area contributed by atoms with E-state index in [4.69, 9.17) is 9.47 Å². The van der Waals surface area contributed by atoms with Crippen molar-refractivity contribution < 1.29 is 9.47 Å². The molecule has 0 aromatic carbocycles. The van der Waals surface area contributed by atoms with Crippen molar-refractivity contribution in [2.45, 2.75) is 59.1 Å². The van der Waals surface area contributed by atoms with E-state index in [1.807, 2.05) is 25.4 Å². The Bertz CT molecular complexity index is 658. The quantitative estimate of drug-likeness (QED) is 0.326. The third kappa shape index (κ3) is 7.92. The Kier molecular flexibility index (Phi) is 9.46. The molecule has 0 radical (unpaired) electrons. The van der Waals surface area contributed by atoms with Gasteiger partial charge in [0.1, 0.15) is 0 Å². The minimum Gasteiger partial charge on any atom is -0.477 e. The van der Waals surface area contributed by atoms with Crippen molar-refractivity contribution in [2.24, 2.45) is 22.2 Å². The highest BCUT2D eigenvalue weighted by Gasteiger charge is 2.35. The van der Waals surface area contributed by atoms with Gasteiger partial charge in [0.15, 0.2) is 5.96 Å². The second-order valence-electron chi connectivity index (χ2n) is 9.12. The van der Waals surface area contributed by atoms with Crippen molar-refractivity contribution in [3.05, 3.63) is 23.9 Å². The first-order chi connectivity index (χ1) is 13.5. The number of pyridine rings is 1. The summed E-state index contributed by atoms with van der Waals surface area (Å²) in [5.41, 5.74) is 1.29. The van der Waals surface area contributed by atoms with Crippen molar-refractivity contribution >= 4 is 29.9 Å². The molecule has 1 saturated carbocycles. The Morgan fingerprint density at radius 2 is 2.07 bits per heavy atom. The van der Waals surface area contributed by atoms with Crippen LogP contribution in [0.5, 0.6) is 5.88 Å². The molecule has 1 saturated heterocycles. The minimum absolute atomic E-state index is 0. The first kappa shape index (κ1) is 24.2. The van der Waals surface area contributed by atoms with Crippen LogP contribution >= 0.6 is 24.0 Å². The lowest BCUT2D eigenvalue weighted by Gasteiger charge is -2.40. The SMILES string of the molecule is CN=C(NCc1ccnc(OCC2CC2)c1)NCC1CCCOC1C(C)(C)C.I. The van der Waals surface area contributed by atoms with E-state index in [9.17, 15) is 0 Å². The lowest BCUT2D eigenvalue weighted by atomic mass is 9.78. The smallest absolute Gasteiger partial charge is 0.213 e. The van der Waals surface area contributed by atoms with Gasteiger partial charge in [-0.2, -0.15) is 0 Å². The van der Waals surface area contributed by atoms with E-state index < -0.39 is 0 Å². The number of halogens is 1. The van der Waals surface area contributed by atoms with E-state index in [0.717, 1.165) is 43.6 Å². The number of hydrogen-bond donors (Lipinski definition) is 2. The maximum atomic E-state index is 6.09. The largest absolute Gasteiger partial charge is 0.477 e. The number of guanidine groups is 1. The Hall–Kier alpha value is -1.09. The molecule has 7 heteroatoms. The Morgan fingerprint density at radius 3 is 2.76 bits per heavy atom. The van der Waals surface area contributed by atoms with E-state index in [-0.39, 0.29) is 35.5 Å². The molecule has 6 nitrogen and oxygen atoms in total. The van der Waals surface area contributed by atoms with Crippen LogP contribution in [0.2, 0.25) is 0 Å². The summed E-state index contributed by atoms with van der Waals surface area (Å²) in [7, 11) is 1.81. The van der Waals surface area contributed by atoms with Crippen LogP contribution in [-0.2, 0) is 11.3 Å². The predicted molar refractivity (Wildman–Crippen MR) is 128 cm³/mol. The normalized spacial score (nSPS) is 22.6. The zero-order valence-corrected chi connectivity index (χ0v) is 20.6. The highest BCUT2D eigenvalue weighted by Crippen LogP contribution is 2.33. The summed E-state index contributed by atoms with van der Waals surface area (Å²) >= 11 is 0. The number of hydrogen-bond acceptors (Lipinski definition) is 4. The summed E-state index contributed by atoms with van der Waals surface area (Å²) in [5.74, 6) is 2.75. The molecule has 2 fully saturated rings. The maximum absolute atomic E-state index is 6.09. The molecule has 2 aliphatic rings. The highest BCUT2D eigenvalue weighted by atomic mass is 127. The second-order valence-corrected chi connectivity index (χ2v) is 9.12. The summed E-state index contributed by atoms with van der Waals surface area (Å²) in [5, 5.41) is 6.88. The van der Waals surface area contributed by atoms with E-state index in [0.29, 0.717) is 18.3 Å². The highest BCUT2D eigenvalue weighted by molar-refractivity contribution is 14.0. The van der Waals surface area contributed by atoms with Gasteiger partial charge in [-0.25, -0.2) is 4.98 Å². The third-order valence-corrected chi connectivity index (χ3v) is 5.48. The first-order valence-corrected chi connectivity index (χ1v) is 10.6. The van der Waals surface area contributed by atoms with Gasteiger partial charge in [0.05, 0.1) is 12.7 Å². The zero-order chi connectivity index (χ0) is 20.0. The fraction of sp³-hybridized carbons (Fsp3) is 0.727. The zero-order valence-electron chi connectivity index (χ0n) is 18.2. The minimum atomic E-state index is 0. The molecule has 0 amide bonds. The van der Waals surface area contributed by atoms with Gasteiger partial charge in [-0.05, 0) is 48.6 Å². The van der Waals surface area contributed by atoms with Gasteiger partial charge in [-0.3, -0.25) is 4.99 Å². The molecule has 2 heterocycles. The average molecular weight is 516 g/mol. The van der Waals surface area contributed by atoms with E-state index in [1.54, 1.807) is 0 Å². The number of aliphatic imine (C=N–C) groups is 1. The Labute approximate surface area is 192 Å². The van der Waals surface area contributed by atoms with Gasteiger partial charge in [0, 0.05) is 44.9 Å². The third-order valence-electron chi connectivity index (χ3n) is 5.48. The van der Waals surface area contributed by atoms with Gasteiger partial charge in [-0.1, -0.05) is 20.8 Å². The summed E-state index contributed by atoms with van der Waals surface area (Å²) in [4.78, 5) is 8.68. The second kappa shape index (κ2) is 11.3.